The first-order valence-corrected chi connectivity index (χ1v) is 10.6. The third kappa shape index (κ3) is 6.73. The molecule has 9 nitrogen and oxygen atoms in total. The van der Waals surface area contributed by atoms with Crippen molar-refractivity contribution in [3.8, 4) is 11.5 Å². The van der Waals surface area contributed by atoms with E-state index in [9.17, 15) is 14.4 Å². The fourth-order valence-electron chi connectivity index (χ4n) is 2.92. The summed E-state index contributed by atoms with van der Waals surface area (Å²) in [6, 6.07) is 19.6. The van der Waals surface area contributed by atoms with Crippen LogP contribution in [0.3, 0.4) is 0 Å². The Morgan fingerprint density at radius 3 is 1.94 bits per heavy atom. The van der Waals surface area contributed by atoms with Crippen LogP contribution in [-0.2, 0) is 0 Å². The van der Waals surface area contributed by atoms with Crippen molar-refractivity contribution in [3.63, 3.8) is 0 Å². The molecule has 3 rings (SSSR count). The van der Waals surface area contributed by atoms with Crippen LogP contribution in [0.2, 0.25) is 0 Å². The molecular weight excluding hydrogens is 436 g/mol. The number of urea groups is 1. The van der Waals surface area contributed by atoms with Crippen LogP contribution < -0.4 is 31.0 Å². The molecule has 0 aliphatic carbocycles. The Kier molecular flexibility index (Phi) is 8.45. The van der Waals surface area contributed by atoms with Crippen LogP contribution in [0.4, 0.5) is 16.2 Å². The molecular formula is C25H26N4O5. The summed E-state index contributed by atoms with van der Waals surface area (Å²) in [5.74, 6) is -0.0593. The van der Waals surface area contributed by atoms with E-state index >= 15 is 0 Å². The standard InChI is InChI=1S/C25H26N4O5/c1-3-15-34-21-14-11-18(16-22(21)33-2)24(31)29-28-23(30)17-9-12-20(13-10-17)27-25(32)26-19-7-5-4-6-8-19/h4-14,16H,3,15H2,1-2H3,(H,28,30)(H,29,31)(H2,26,27,32). The third-order valence-electron chi connectivity index (χ3n) is 4.61. The van der Waals surface area contributed by atoms with Gasteiger partial charge in [0.2, 0.25) is 0 Å². The number of hydrogen-bond donors (Lipinski definition) is 4. The van der Waals surface area contributed by atoms with Gasteiger partial charge in [0.05, 0.1) is 13.7 Å². The zero-order valence-electron chi connectivity index (χ0n) is 18.9. The molecule has 9 heteroatoms. The Hall–Kier alpha value is -4.53. The summed E-state index contributed by atoms with van der Waals surface area (Å²) in [6.45, 7) is 2.52. The van der Waals surface area contributed by atoms with E-state index in [1.54, 1.807) is 36.4 Å². The molecule has 0 saturated heterocycles. The molecule has 0 fully saturated rings. The minimum atomic E-state index is -0.511. The first-order chi connectivity index (χ1) is 16.5. The molecule has 34 heavy (non-hydrogen) atoms. The molecule has 0 unspecified atom stereocenters. The van der Waals surface area contributed by atoms with Crippen molar-refractivity contribution in [2.45, 2.75) is 13.3 Å². The summed E-state index contributed by atoms with van der Waals surface area (Å²) in [7, 11) is 1.49. The van der Waals surface area contributed by atoms with Gasteiger partial charge < -0.3 is 20.1 Å². The van der Waals surface area contributed by atoms with E-state index in [0.29, 0.717) is 40.6 Å². The van der Waals surface area contributed by atoms with Gasteiger partial charge >= 0.3 is 6.03 Å². The van der Waals surface area contributed by atoms with E-state index in [1.165, 1.54) is 25.3 Å². The lowest BCUT2D eigenvalue weighted by Crippen LogP contribution is -2.41. The molecule has 0 aromatic heterocycles. The topological polar surface area (TPSA) is 118 Å². The first kappa shape index (κ1) is 24.1. The van der Waals surface area contributed by atoms with Crippen LogP contribution in [0.15, 0.2) is 72.8 Å². The Morgan fingerprint density at radius 1 is 0.735 bits per heavy atom. The van der Waals surface area contributed by atoms with Crippen molar-refractivity contribution in [1.29, 1.82) is 0 Å². The van der Waals surface area contributed by atoms with Crippen LogP contribution in [0.25, 0.3) is 0 Å². The number of carbonyl (C=O) groups is 3. The highest BCUT2D eigenvalue weighted by Gasteiger charge is 2.13. The van der Waals surface area contributed by atoms with Gasteiger partial charge in [0, 0.05) is 22.5 Å². The second-order valence-electron chi connectivity index (χ2n) is 7.14. The normalized spacial score (nSPS) is 10.1. The van der Waals surface area contributed by atoms with Gasteiger partial charge in [-0.2, -0.15) is 0 Å². The highest BCUT2D eigenvalue weighted by atomic mass is 16.5. The average molecular weight is 463 g/mol. The molecule has 0 aliphatic heterocycles. The fraction of sp³-hybridized carbons (Fsp3) is 0.160. The maximum Gasteiger partial charge on any atom is 0.323 e. The number of methoxy groups -OCH3 is 1. The number of hydrazine groups is 1. The number of para-hydroxylation sites is 1. The van der Waals surface area contributed by atoms with E-state index < -0.39 is 17.8 Å². The number of amides is 4. The summed E-state index contributed by atoms with van der Waals surface area (Å²) in [4.78, 5) is 36.9. The van der Waals surface area contributed by atoms with Gasteiger partial charge in [0.15, 0.2) is 11.5 Å². The lowest BCUT2D eigenvalue weighted by atomic mass is 10.2. The molecule has 0 radical (unpaired) electrons. The summed E-state index contributed by atoms with van der Waals surface area (Å²) in [6.07, 6.45) is 0.843. The summed E-state index contributed by atoms with van der Waals surface area (Å²) in [5, 5.41) is 5.39. The first-order valence-electron chi connectivity index (χ1n) is 10.6. The fourth-order valence-corrected chi connectivity index (χ4v) is 2.92. The highest BCUT2D eigenvalue weighted by molar-refractivity contribution is 6.01. The van der Waals surface area contributed by atoms with Crippen molar-refractivity contribution >= 4 is 29.2 Å². The number of carbonyl (C=O) groups excluding carboxylic acids is 3. The van der Waals surface area contributed by atoms with Crippen LogP contribution in [0.5, 0.6) is 11.5 Å². The maximum absolute atomic E-state index is 12.4. The van der Waals surface area contributed by atoms with E-state index in [2.05, 4.69) is 21.5 Å². The van der Waals surface area contributed by atoms with Crippen molar-refractivity contribution in [2.75, 3.05) is 24.4 Å². The van der Waals surface area contributed by atoms with Gasteiger partial charge in [0.1, 0.15) is 0 Å². The molecule has 176 valence electrons. The Labute approximate surface area is 197 Å². The molecule has 0 aliphatic rings. The molecule has 3 aromatic carbocycles. The second-order valence-corrected chi connectivity index (χ2v) is 7.14. The lowest BCUT2D eigenvalue weighted by molar-refractivity contribution is 0.0846. The van der Waals surface area contributed by atoms with Crippen molar-refractivity contribution in [1.82, 2.24) is 10.9 Å². The van der Waals surface area contributed by atoms with Gasteiger partial charge in [-0.25, -0.2) is 4.79 Å². The minimum absolute atomic E-state index is 0.296. The number of anilines is 2. The summed E-state index contributed by atoms with van der Waals surface area (Å²) >= 11 is 0. The summed E-state index contributed by atoms with van der Waals surface area (Å²) < 4.78 is 10.8. The van der Waals surface area contributed by atoms with E-state index in [1.807, 2.05) is 25.1 Å². The molecule has 0 spiro atoms. The Bertz CT molecular complexity index is 1130. The molecule has 4 N–H and O–H groups in total. The molecule has 0 atom stereocenters. The lowest BCUT2D eigenvalue weighted by Gasteiger charge is -2.12. The number of benzene rings is 3. The van der Waals surface area contributed by atoms with E-state index in [4.69, 9.17) is 9.47 Å². The SMILES string of the molecule is CCCOc1ccc(C(=O)NNC(=O)c2ccc(NC(=O)Nc3ccccc3)cc2)cc1OC. The number of hydrogen-bond acceptors (Lipinski definition) is 5. The van der Waals surface area contributed by atoms with E-state index in [-0.39, 0.29) is 0 Å². The number of ether oxygens (including phenoxy) is 2. The van der Waals surface area contributed by atoms with Crippen LogP contribution in [-0.4, -0.2) is 31.6 Å². The van der Waals surface area contributed by atoms with Gasteiger partial charge in [0.25, 0.3) is 11.8 Å². The Balaban J connectivity index is 1.52. The Morgan fingerprint density at radius 2 is 1.32 bits per heavy atom. The maximum atomic E-state index is 12.4. The largest absolute Gasteiger partial charge is 0.493 e. The average Bonchev–Trinajstić information content (AvgIpc) is 2.86. The summed E-state index contributed by atoms with van der Waals surface area (Å²) in [5.41, 5.74) is 6.50. The third-order valence-corrected chi connectivity index (χ3v) is 4.61. The predicted octanol–water partition coefficient (Wildman–Crippen LogP) is 4.20. The van der Waals surface area contributed by atoms with Crippen LogP contribution in [0, 0.1) is 0 Å². The smallest absolute Gasteiger partial charge is 0.323 e. The minimum Gasteiger partial charge on any atom is -0.493 e. The highest BCUT2D eigenvalue weighted by Crippen LogP contribution is 2.28. The molecule has 0 bridgehead atoms. The zero-order chi connectivity index (χ0) is 24.3. The van der Waals surface area contributed by atoms with Gasteiger partial charge in [-0.05, 0) is 61.0 Å². The molecule has 0 heterocycles. The molecule has 0 saturated carbocycles. The molecule has 3 aromatic rings. The van der Waals surface area contributed by atoms with Crippen LogP contribution in [0.1, 0.15) is 34.1 Å². The van der Waals surface area contributed by atoms with Crippen molar-refractivity contribution < 1.29 is 23.9 Å². The number of nitrogens with one attached hydrogen (secondary N) is 4. The van der Waals surface area contributed by atoms with Gasteiger partial charge in [-0.1, -0.05) is 25.1 Å². The van der Waals surface area contributed by atoms with Gasteiger partial charge in [-0.3, -0.25) is 20.4 Å². The quantitative estimate of drug-likeness (QED) is 0.374. The predicted molar refractivity (Wildman–Crippen MR) is 129 cm³/mol. The monoisotopic (exact) mass is 462 g/mol. The second kappa shape index (κ2) is 11.9. The van der Waals surface area contributed by atoms with Crippen molar-refractivity contribution in [3.05, 3.63) is 83.9 Å². The van der Waals surface area contributed by atoms with Crippen LogP contribution >= 0.6 is 0 Å². The van der Waals surface area contributed by atoms with Gasteiger partial charge in [-0.15, -0.1) is 0 Å². The molecule has 4 amide bonds. The zero-order valence-corrected chi connectivity index (χ0v) is 18.9. The van der Waals surface area contributed by atoms with Crippen molar-refractivity contribution in [2.24, 2.45) is 0 Å². The number of rotatable bonds is 8. The van der Waals surface area contributed by atoms with E-state index in [0.717, 1.165) is 6.42 Å².